The molecule has 4 aromatic heterocycles. The van der Waals surface area contributed by atoms with Crippen molar-refractivity contribution in [3.05, 3.63) is 98.1 Å². The van der Waals surface area contributed by atoms with Gasteiger partial charge in [-0.05, 0) is 0 Å². The van der Waals surface area contributed by atoms with Crippen LogP contribution in [0.5, 0.6) is 0 Å². The summed E-state index contributed by atoms with van der Waals surface area (Å²) in [5.41, 5.74) is 0. The summed E-state index contributed by atoms with van der Waals surface area (Å²) in [6, 6.07) is 15.1. The molecule has 108 valence electrons. The molecule has 0 radical (unpaired) electrons. The summed E-state index contributed by atoms with van der Waals surface area (Å²) in [6.07, 6.45) is 14.0. The van der Waals surface area contributed by atoms with Crippen LogP contribution in [-0.4, -0.2) is 0 Å². The first-order valence-corrected chi connectivity index (χ1v) is 6.07. The second-order valence-electron chi connectivity index (χ2n) is 3.33. The fraction of sp³-hybridized carbons (Fsp3) is 0. The molecule has 0 N–H and O–H groups in total. The second kappa shape index (κ2) is 19.5. The summed E-state index contributed by atoms with van der Waals surface area (Å²) in [4.78, 5) is 14.9. The smallest absolute Gasteiger partial charge is 0.670 e. The number of rotatable bonds is 0. The Morgan fingerprint density at radius 3 is 0.455 bits per heavy atom. The van der Waals surface area contributed by atoms with E-state index in [4.69, 9.17) is 0 Å². The van der Waals surface area contributed by atoms with Crippen molar-refractivity contribution in [2.75, 3.05) is 0 Å². The first-order valence-electron chi connectivity index (χ1n) is 6.07. The molecular formula is C16H16N4Ti2. The predicted molar refractivity (Wildman–Crippen MR) is 79.0 cm³/mol. The summed E-state index contributed by atoms with van der Waals surface area (Å²) in [7, 11) is 0. The van der Waals surface area contributed by atoms with Gasteiger partial charge in [0.05, 0.1) is 0 Å². The Labute approximate surface area is 160 Å². The third-order valence-electron chi connectivity index (χ3n) is 1.82. The molecule has 4 heterocycles. The van der Waals surface area contributed by atoms with Gasteiger partial charge in [0.1, 0.15) is 0 Å². The van der Waals surface area contributed by atoms with Crippen molar-refractivity contribution in [1.82, 2.24) is 19.9 Å². The van der Waals surface area contributed by atoms with Crippen molar-refractivity contribution in [2.24, 2.45) is 0 Å². The fourth-order valence-corrected chi connectivity index (χ4v) is 0.994. The van der Waals surface area contributed by atoms with Gasteiger partial charge in [-0.3, -0.25) is 0 Å². The zero-order valence-electron chi connectivity index (χ0n) is 12.0. The van der Waals surface area contributed by atoms with Crippen molar-refractivity contribution in [2.45, 2.75) is 0 Å². The molecule has 0 aliphatic rings. The normalized spacial score (nSPS) is 7.27. The Balaban J connectivity index is 0. The molecule has 4 rings (SSSR count). The maximum atomic E-state index is 3.72. The molecule has 0 aliphatic heterocycles. The molecule has 0 aromatic carbocycles. The molecule has 0 aliphatic carbocycles. The Morgan fingerprint density at radius 1 is 0.273 bits per heavy atom. The van der Waals surface area contributed by atoms with Crippen LogP contribution in [0.4, 0.5) is 0 Å². The summed E-state index contributed by atoms with van der Waals surface area (Å²) in [5.74, 6) is 0. The summed E-state index contributed by atoms with van der Waals surface area (Å²) in [5, 5.41) is 0. The zero-order valence-corrected chi connectivity index (χ0v) is 15.1. The Morgan fingerprint density at radius 2 is 0.409 bits per heavy atom. The molecule has 0 fully saturated rings. The Hall–Kier alpha value is -1.45. The molecule has 0 amide bonds. The van der Waals surface area contributed by atoms with Gasteiger partial charge in [-0.1, -0.05) is 48.5 Å². The van der Waals surface area contributed by atoms with Crippen LogP contribution in [-0.2, 0) is 43.4 Å². The molecular weight excluding hydrogens is 344 g/mol. The third kappa shape index (κ3) is 16.6. The topological polar surface area (TPSA) is 56.4 Å². The maximum absolute atomic E-state index is 3.72. The molecule has 0 unspecified atom stereocenters. The largest absolute Gasteiger partial charge is 2.00 e. The quantitative estimate of drug-likeness (QED) is 0.453. The van der Waals surface area contributed by atoms with Crippen molar-refractivity contribution in [1.29, 1.82) is 0 Å². The minimum atomic E-state index is 0. The summed E-state index contributed by atoms with van der Waals surface area (Å²) < 4.78 is 0. The summed E-state index contributed by atoms with van der Waals surface area (Å²) >= 11 is 0. The van der Waals surface area contributed by atoms with Crippen molar-refractivity contribution < 1.29 is 43.4 Å². The standard InChI is InChI=1S/4C4H4N.2Ti/c4*1-2-4-5-3-1;;/h4*1-4H;;/q4*-1;2*+2. The summed E-state index contributed by atoms with van der Waals surface area (Å²) in [6.45, 7) is 0. The van der Waals surface area contributed by atoms with Crippen molar-refractivity contribution >= 4 is 0 Å². The van der Waals surface area contributed by atoms with Crippen LogP contribution >= 0.6 is 0 Å². The second-order valence-corrected chi connectivity index (χ2v) is 3.33. The van der Waals surface area contributed by atoms with Gasteiger partial charge in [-0.25, -0.2) is 0 Å². The molecule has 0 bridgehead atoms. The van der Waals surface area contributed by atoms with E-state index in [1.807, 2.05) is 48.5 Å². The van der Waals surface area contributed by atoms with Crippen LogP contribution < -0.4 is 19.9 Å². The molecule has 4 aromatic rings. The van der Waals surface area contributed by atoms with Gasteiger partial charge in [0.15, 0.2) is 0 Å². The van der Waals surface area contributed by atoms with Crippen molar-refractivity contribution in [3.63, 3.8) is 0 Å². The molecule has 0 saturated carbocycles. The van der Waals surface area contributed by atoms with Gasteiger partial charge in [0.25, 0.3) is 0 Å². The van der Waals surface area contributed by atoms with Gasteiger partial charge in [-0.2, -0.15) is 49.6 Å². The molecule has 0 atom stereocenters. The van der Waals surface area contributed by atoms with Crippen LogP contribution in [0.15, 0.2) is 98.1 Å². The van der Waals surface area contributed by atoms with Gasteiger partial charge in [0.2, 0.25) is 0 Å². The average Bonchev–Trinajstić information content (AvgIpc) is 3.40. The molecule has 0 saturated heterocycles. The van der Waals surface area contributed by atoms with E-state index in [1.54, 1.807) is 49.6 Å². The third-order valence-corrected chi connectivity index (χ3v) is 1.82. The van der Waals surface area contributed by atoms with Crippen molar-refractivity contribution in [3.8, 4) is 0 Å². The number of hydrogen-bond acceptors (Lipinski definition) is 0. The van der Waals surface area contributed by atoms with E-state index < -0.39 is 0 Å². The molecule has 22 heavy (non-hydrogen) atoms. The van der Waals surface area contributed by atoms with E-state index in [-0.39, 0.29) is 43.4 Å². The van der Waals surface area contributed by atoms with E-state index in [0.29, 0.717) is 0 Å². The fourth-order valence-electron chi connectivity index (χ4n) is 0.994. The minimum Gasteiger partial charge on any atom is -0.670 e. The number of hydrogen-bond donors (Lipinski definition) is 0. The minimum absolute atomic E-state index is 0. The van der Waals surface area contributed by atoms with Crippen LogP contribution in [0.1, 0.15) is 0 Å². The average molecular weight is 360 g/mol. The van der Waals surface area contributed by atoms with Gasteiger partial charge in [0, 0.05) is 0 Å². The number of nitrogens with zero attached hydrogens (tertiary/aromatic N) is 4. The molecule has 4 nitrogen and oxygen atoms in total. The molecule has 0 spiro atoms. The first-order chi connectivity index (χ1) is 10.0. The SMILES string of the molecule is [Ti+2].[Ti+2].c1cc[n-]c1.c1cc[n-]c1.c1cc[n-]c1.c1cc[n-]c1. The van der Waals surface area contributed by atoms with Crippen LogP contribution in [0.25, 0.3) is 0 Å². The van der Waals surface area contributed by atoms with E-state index >= 15 is 0 Å². The van der Waals surface area contributed by atoms with E-state index in [2.05, 4.69) is 19.9 Å². The van der Waals surface area contributed by atoms with E-state index in [1.165, 1.54) is 0 Å². The van der Waals surface area contributed by atoms with E-state index in [9.17, 15) is 0 Å². The van der Waals surface area contributed by atoms with E-state index in [0.717, 1.165) is 0 Å². The predicted octanol–water partition coefficient (Wildman–Crippen LogP) is 2.57. The monoisotopic (exact) mass is 360 g/mol. The Kier molecular flexibility index (Phi) is 20.3. The van der Waals surface area contributed by atoms with Gasteiger partial charge in [-0.15, -0.1) is 0 Å². The number of aromatic nitrogens is 4. The first kappa shape index (κ1) is 22.8. The van der Waals surface area contributed by atoms with Crippen LogP contribution in [0, 0.1) is 0 Å². The Bertz CT molecular complexity index is 355. The van der Waals surface area contributed by atoms with Crippen LogP contribution in [0.3, 0.4) is 0 Å². The zero-order chi connectivity index (χ0) is 14.1. The molecule has 6 heteroatoms. The van der Waals surface area contributed by atoms with Crippen LogP contribution in [0.2, 0.25) is 0 Å². The maximum Gasteiger partial charge on any atom is 2.00 e. The van der Waals surface area contributed by atoms with Gasteiger partial charge < -0.3 is 19.9 Å². The van der Waals surface area contributed by atoms with Gasteiger partial charge >= 0.3 is 43.4 Å².